The number of thiophene rings is 1. The number of aliphatic hydroxyl groups is 2. The number of piperidine rings is 1. The van der Waals surface area contributed by atoms with Gasteiger partial charge in [-0.2, -0.15) is 13.9 Å². The molecule has 16 heteroatoms. The molecule has 3 aromatic rings. The van der Waals surface area contributed by atoms with Crippen LogP contribution in [0.4, 0.5) is 13.2 Å². The van der Waals surface area contributed by atoms with Crippen molar-refractivity contribution in [2.24, 2.45) is 0 Å². The number of halogens is 4. The van der Waals surface area contributed by atoms with Crippen molar-refractivity contribution in [3.8, 4) is 5.69 Å². The van der Waals surface area contributed by atoms with Gasteiger partial charge >= 0.3 is 11.9 Å². The van der Waals surface area contributed by atoms with Crippen LogP contribution < -0.4 is 0 Å². The number of benzene rings is 1. The lowest BCUT2D eigenvalue weighted by molar-refractivity contribution is -0.182. The van der Waals surface area contributed by atoms with Gasteiger partial charge in [0.1, 0.15) is 23.7 Å². The average Bonchev–Trinajstić information content (AvgIpc) is 3.77. The van der Waals surface area contributed by atoms with Crippen molar-refractivity contribution in [3.05, 3.63) is 67.9 Å². The number of aryl methyl sites for hydroxylation is 1. The van der Waals surface area contributed by atoms with E-state index in [1.54, 1.807) is 10.7 Å². The number of para-hydroxylation sites is 1. The third-order valence-corrected chi connectivity index (χ3v) is 10.2. The summed E-state index contributed by atoms with van der Waals surface area (Å²) in [6, 6.07) is 6.63. The molecule has 4 N–H and O–H groups in total. The third-order valence-electron chi connectivity index (χ3n) is 8.80. The van der Waals surface area contributed by atoms with E-state index in [0.29, 0.717) is 53.9 Å². The lowest BCUT2D eigenvalue weighted by Gasteiger charge is -2.45. The molecule has 2 saturated heterocycles. The van der Waals surface area contributed by atoms with Crippen LogP contribution in [0.15, 0.2) is 30.5 Å². The first-order chi connectivity index (χ1) is 22.2. The Kier molecular flexibility index (Phi) is 10.7. The Morgan fingerprint density at radius 2 is 1.62 bits per heavy atom. The van der Waals surface area contributed by atoms with Crippen molar-refractivity contribution in [1.29, 1.82) is 0 Å². The number of aromatic nitrogens is 2. The number of carboxylic acid groups (broad SMARTS) is 2. The number of fused-ring (bicyclic) bond motifs is 2. The molecule has 256 valence electrons. The fourth-order valence-corrected chi connectivity index (χ4v) is 7.67. The molecule has 0 aliphatic carbocycles. The van der Waals surface area contributed by atoms with Gasteiger partial charge in [-0.05, 0) is 63.4 Å². The van der Waals surface area contributed by atoms with Crippen LogP contribution >= 0.6 is 22.9 Å². The summed E-state index contributed by atoms with van der Waals surface area (Å²) in [6.45, 7) is 6.18. The minimum Gasteiger partial charge on any atom is -0.479 e. The van der Waals surface area contributed by atoms with Crippen LogP contribution in [0.3, 0.4) is 0 Å². The van der Waals surface area contributed by atoms with Crippen LogP contribution in [0.2, 0.25) is 4.34 Å². The van der Waals surface area contributed by atoms with Crippen LogP contribution in [-0.2, 0) is 38.9 Å². The van der Waals surface area contributed by atoms with Crippen molar-refractivity contribution in [2.45, 2.75) is 69.4 Å². The molecule has 0 radical (unpaired) electrons. The molecule has 3 aliphatic heterocycles. The van der Waals surface area contributed by atoms with Gasteiger partial charge in [0, 0.05) is 48.4 Å². The second-order valence-electron chi connectivity index (χ2n) is 12.0. The Morgan fingerprint density at radius 3 is 2.23 bits per heavy atom. The summed E-state index contributed by atoms with van der Waals surface area (Å²) in [4.78, 5) is 24.8. The first-order valence-electron chi connectivity index (χ1n) is 15.1. The van der Waals surface area contributed by atoms with E-state index in [0.717, 1.165) is 29.9 Å². The van der Waals surface area contributed by atoms with Gasteiger partial charge in [-0.1, -0.05) is 23.7 Å². The monoisotopic (exact) mass is 700 g/mol. The first kappa shape index (κ1) is 35.3. The fourth-order valence-electron chi connectivity index (χ4n) is 6.19. The zero-order chi connectivity index (χ0) is 34.1. The zero-order valence-corrected chi connectivity index (χ0v) is 27.1. The van der Waals surface area contributed by atoms with E-state index < -0.39 is 42.3 Å². The predicted octanol–water partition coefficient (Wildman–Crippen LogP) is 4.12. The lowest BCUT2D eigenvalue weighted by Crippen LogP contribution is -2.48. The summed E-state index contributed by atoms with van der Waals surface area (Å²) in [5.74, 6) is -6.82. The van der Waals surface area contributed by atoms with Gasteiger partial charge in [-0.3, -0.25) is 9.80 Å². The van der Waals surface area contributed by atoms with E-state index >= 15 is 4.39 Å². The quantitative estimate of drug-likeness (QED) is 0.271. The highest BCUT2D eigenvalue weighted by molar-refractivity contribution is 7.16. The highest BCUT2D eigenvalue weighted by Gasteiger charge is 2.51. The average molecular weight is 701 g/mol. The maximum absolute atomic E-state index is 15.0. The smallest absolute Gasteiger partial charge is 0.335 e. The van der Waals surface area contributed by atoms with Crippen molar-refractivity contribution >= 4 is 34.9 Å². The number of hydrogen-bond acceptors (Lipinski definition) is 9. The molecule has 0 unspecified atom stereocenters. The largest absolute Gasteiger partial charge is 0.479 e. The maximum atomic E-state index is 15.0. The summed E-state index contributed by atoms with van der Waals surface area (Å²) in [7, 11) is 0. The van der Waals surface area contributed by atoms with E-state index in [1.807, 2.05) is 19.2 Å². The lowest BCUT2D eigenvalue weighted by atomic mass is 9.84. The summed E-state index contributed by atoms with van der Waals surface area (Å²) < 4.78 is 51.8. The third kappa shape index (κ3) is 7.66. The fraction of sp³-hybridized carbons (Fsp3) is 0.516. The number of nitrogens with zero attached hydrogens (tertiary/aromatic N) is 4. The molecule has 2 atom stereocenters. The number of carboxylic acids is 2. The Balaban J connectivity index is 0.000000378. The van der Waals surface area contributed by atoms with Crippen LogP contribution in [0.25, 0.3) is 5.69 Å². The minimum atomic E-state index is -3.01. The van der Waals surface area contributed by atoms with E-state index in [-0.39, 0.29) is 11.4 Å². The summed E-state index contributed by atoms with van der Waals surface area (Å²) in [5, 5.41) is 37.2. The summed E-state index contributed by atoms with van der Waals surface area (Å²) in [5.41, 5.74) is 2.66. The number of rotatable bonds is 8. The van der Waals surface area contributed by atoms with E-state index in [1.165, 1.54) is 36.3 Å². The van der Waals surface area contributed by atoms with Crippen molar-refractivity contribution < 1.29 is 47.9 Å². The molecule has 47 heavy (non-hydrogen) atoms. The second-order valence-corrected chi connectivity index (χ2v) is 13.7. The number of hydrogen-bond donors (Lipinski definition) is 4. The van der Waals surface area contributed by atoms with Crippen LogP contribution in [-0.4, -0.2) is 96.9 Å². The van der Waals surface area contributed by atoms with Crippen LogP contribution in [0, 0.1) is 12.7 Å². The molecule has 11 nitrogen and oxygen atoms in total. The predicted molar refractivity (Wildman–Crippen MR) is 165 cm³/mol. The van der Waals surface area contributed by atoms with E-state index in [9.17, 15) is 18.4 Å². The molecule has 1 spiro atoms. The molecule has 6 rings (SSSR count). The van der Waals surface area contributed by atoms with Crippen LogP contribution in [0.5, 0.6) is 0 Å². The number of aliphatic carboxylic acids is 2. The Morgan fingerprint density at radius 1 is 1.02 bits per heavy atom. The second kappa shape index (κ2) is 14.2. The Hall–Kier alpha value is -3.05. The summed E-state index contributed by atoms with van der Waals surface area (Å²) in [6.07, 6.45) is 0.999. The van der Waals surface area contributed by atoms with E-state index in [4.69, 9.17) is 36.8 Å². The standard InChI is InChI=1S/C27H30ClF3N4OS.C4H6O6/c1-18-20(16-35(32-18)24-19(5-4-6-22(24)29)14-33-9-2-3-10-33)15-34-11-7-26(8-12-34)25-21(13-23(28)37-25)27(30,31)17-36-26;5-1(3(7)8)2(6)4(9)10/h4-6,13,16H,2-3,7-12,14-15,17H2,1H3;1-2,5-6H,(H,7,8)(H,9,10)/t;1-,2-/m.1/s1. The van der Waals surface area contributed by atoms with Gasteiger partial charge < -0.3 is 25.2 Å². The number of alkyl halides is 2. The topological polar surface area (TPSA) is 149 Å². The molecular formula is C31H36ClF3N4O7S. The minimum absolute atomic E-state index is 0.0222. The van der Waals surface area contributed by atoms with Gasteiger partial charge in [0.2, 0.25) is 0 Å². The molecule has 2 aromatic heterocycles. The van der Waals surface area contributed by atoms with Crippen molar-refractivity contribution in [2.75, 3.05) is 32.8 Å². The molecule has 2 fully saturated rings. The van der Waals surface area contributed by atoms with E-state index in [2.05, 4.69) is 14.9 Å². The molecule has 1 aromatic carbocycles. The summed E-state index contributed by atoms with van der Waals surface area (Å²) >= 11 is 7.35. The Bertz CT molecular complexity index is 1590. The molecule has 0 saturated carbocycles. The number of ether oxygens (including phenoxy) is 1. The van der Waals surface area contributed by atoms with Gasteiger partial charge in [0.25, 0.3) is 5.92 Å². The van der Waals surface area contributed by atoms with Crippen molar-refractivity contribution in [1.82, 2.24) is 19.6 Å². The SMILES string of the molecule is Cc1nn(-c2c(F)cccc2CN2CCCC2)cc1CN1CCC2(CC1)OCC(F)(F)c1cc(Cl)sc12.O=C(O)[C@H](O)[C@@H](O)C(=O)O. The highest BCUT2D eigenvalue weighted by atomic mass is 35.5. The Labute approximate surface area is 277 Å². The number of aliphatic hydroxyl groups excluding tert-OH is 2. The zero-order valence-electron chi connectivity index (χ0n) is 25.5. The molecule has 0 amide bonds. The number of carbonyl (C=O) groups is 2. The molecule has 5 heterocycles. The van der Waals surface area contributed by atoms with Gasteiger partial charge in [-0.15, -0.1) is 11.3 Å². The van der Waals surface area contributed by atoms with Crippen molar-refractivity contribution in [3.63, 3.8) is 0 Å². The normalized spacial score (nSPS) is 20.3. The maximum Gasteiger partial charge on any atom is 0.335 e. The van der Waals surface area contributed by atoms with Crippen LogP contribution in [0.1, 0.15) is 52.9 Å². The molecule has 0 bridgehead atoms. The number of likely N-dealkylation sites (tertiary alicyclic amines) is 2. The van der Waals surface area contributed by atoms with Gasteiger partial charge in [0.15, 0.2) is 12.2 Å². The van der Waals surface area contributed by atoms with Gasteiger partial charge in [0.05, 0.1) is 10.0 Å². The molecule has 3 aliphatic rings. The highest BCUT2D eigenvalue weighted by Crippen LogP contribution is 2.52. The molecular weight excluding hydrogens is 665 g/mol. The van der Waals surface area contributed by atoms with Gasteiger partial charge in [-0.25, -0.2) is 18.7 Å². The first-order valence-corrected chi connectivity index (χ1v) is 16.3.